The van der Waals surface area contributed by atoms with Crippen molar-refractivity contribution in [3.63, 3.8) is 0 Å². The highest BCUT2D eigenvalue weighted by Gasteiger charge is 2.13. The van der Waals surface area contributed by atoms with E-state index in [-0.39, 0.29) is 24.5 Å². The standard InChI is InChI=1S/C28H32N2O5/c1-20(2)30-27(31)19-35-25-14-13-22(15-26(25)33-3)28(32)29-16-23-11-7-8-12-24(23)18-34-17-21-9-5-4-6-10-21/h4-15,20H,16-19H2,1-3H3,(H,29,32)(H,30,31). The number of benzene rings is 3. The quantitative estimate of drug-likeness (QED) is 0.408. The highest BCUT2D eigenvalue weighted by Crippen LogP contribution is 2.28. The van der Waals surface area contributed by atoms with E-state index in [1.807, 2.05) is 68.4 Å². The zero-order valence-corrected chi connectivity index (χ0v) is 20.4. The fourth-order valence-electron chi connectivity index (χ4n) is 3.44. The van der Waals surface area contributed by atoms with Gasteiger partial charge >= 0.3 is 0 Å². The van der Waals surface area contributed by atoms with Gasteiger partial charge in [0.2, 0.25) is 0 Å². The van der Waals surface area contributed by atoms with Gasteiger partial charge in [-0.25, -0.2) is 0 Å². The Morgan fingerprint density at radius 1 is 0.857 bits per heavy atom. The third kappa shape index (κ3) is 8.15. The Hall–Kier alpha value is -3.84. The van der Waals surface area contributed by atoms with Crippen molar-refractivity contribution in [2.75, 3.05) is 13.7 Å². The van der Waals surface area contributed by atoms with E-state index in [2.05, 4.69) is 10.6 Å². The van der Waals surface area contributed by atoms with Gasteiger partial charge in [-0.15, -0.1) is 0 Å². The maximum Gasteiger partial charge on any atom is 0.258 e. The van der Waals surface area contributed by atoms with E-state index >= 15 is 0 Å². The number of ether oxygens (including phenoxy) is 3. The molecule has 7 nitrogen and oxygen atoms in total. The van der Waals surface area contributed by atoms with Crippen LogP contribution in [-0.4, -0.2) is 31.6 Å². The Labute approximate surface area is 206 Å². The van der Waals surface area contributed by atoms with Crippen LogP contribution in [0.25, 0.3) is 0 Å². The highest BCUT2D eigenvalue weighted by molar-refractivity contribution is 5.94. The number of hydrogen-bond acceptors (Lipinski definition) is 5. The van der Waals surface area contributed by atoms with Crippen LogP contribution < -0.4 is 20.1 Å². The van der Waals surface area contributed by atoms with Gasteiger partial charge in [-0.3, -0.25) is 9.59 Å². The minimum atomic E-state index is -0.243. The maximum absolute atomic E-state index is 12.8. The van der Waals surface area contributed by atoms with Crippen molar-refractivity contribution < 1.29 is 23.8 Å². The van der Waals surface area contributed by atoms with Gasteiger partial charge in [0.1, 0.15) is 0 Å². The molecular formula is C28H32N2O5. The van der Waals surface area contributed by atoms with Gasteiger partial charge in [0, 0.05) is 18.2 Å². The van der Waals surface area contributed by atoms with Gasteiger partial charge in [0.15, 0.2) is 18.1 Å². The third-order valence-electron chi connectivity index (χ3n) is 5.16. The summed E-state index contributed by atoms with van der Waals surface area (Å²) in [4.78, 5) is 24.6. The summed E-state index contributed by atoms with van der Waals surface area (Å²) in [6.45, 7) is 4.95. The molecule has 7 heteroatoms. The first-order valence-electron chi connectivity index (χ1n) is 11.5. The first-order chi connectivity index (χ1) is 17.0. The molecule has 0 spiro atoms. The van der Waals surface area contributed by atoms with Gasteiger partial charge < -0.3 is 24.8 Å². The van der Waals surface area contributed by atoms with Crippen molar-refractivity contribution in [3.05, 3.63) is 95.1 Å². The van der Waals surface area contributed by atoms with Crippen molar-refractivity contribution >= 4 is 11.8 Å². The molecule has 2 amide bonds. The molecule has 0 unspecified atom stereocenters. The lowest BCUT2D eigenvalue weighted by molar-refractivity contribution is -0.123. The summed E-state index contributed by atoms with van der Waals surface area (Å²) in [6.07, 6.45) is 0. The minimum Gasteiger partial charge on any atom is -0.493 e. The van der Waals surface area contributed by atoms with Crippen molar-refractivity contribution in [3.8, 4) is 11.5 Å². The van der Waals surface area contributed by atoms with Gasteiger partial charge in [-0.05, 0) is 48.7 Å². The van der Waals surface area contributed by atoms with Crippen LogP contribution in [0.1, 0.15) is 40.9 Å². The van der Waals surface area contributed by atoms with Crippen molar-refractivity contribution in [2.24, 2.45) is 0 Å². The van der Waals surface area contributed by atoms with Crippen LogP contribution in [0.3, 0.4) is 0 Å². The summed E-state index contributed by atoms with van der Waals surface area (Å²) in [7, 11) is 1.49. The molecule has 0 saturated carbocycles. The molecule has 0 heterocycles. The predicted octanol–water partition coefficient (Wildman–Crippen LogP) is 4.25. The second-order valence-corrected chi connectivity index (χ2v) is 8.31. The first-order valence-corrected chi connectivity index (χ1v) is 11.5. The van der Waals surface area contributed by atoms with Crippen LogP contribution in [0, 0.1) is 0 Å². The summed E-state index contributed by atoms with van der Waals surface area (Å²) in [5.74, 6) is 0.302. The van der Waals surface area contributed by atoms with E-state index in [0.717, 1.165) is 16.7 Å². The van der Waals surface area contributed by atoms with Crippen LogP contribution in [-0.2, 0) is 29.3 Å². The van der Waals surface area contributed by atoms with E-state index in [9.17, 15) is 9.59 Å². The molecule has 0 aliphatic carbocycles. The minimum absolute atomic E-state index is 0.0274. The summed E-state index contributed by atoms with van der Waals surface area (Å²) in [5, 5.41) is 5.71. The van der Waals surface area contributed by atoms with Crippen molar-refractivity contribution in [1.82, 2.24) is 10.6 Å². The fraction of sp³-hybridized carbons (Fsp3) is 0.286. The monoisotopic (exact) mass is 476 g/mol. The number of carbonyl (C=O) groups is 2. The largest absolute Gasteiger partial charge is 0.493 e. The molecule has 0 bridgehead atoms. The molecule has 3 aromatic rings. The van der Waals surface area contributed by atoms with Crippen LogP contribution in [0.15, 0.2) is 72.8 Å². The molecule has 3 aromatic carbocycles. The summed E-state index contributed by atoms with van der Waals surface area (Å²) in [6, 6.07) is 22.8. The zero-order valence-electron chi connectivity index (χ0n) is 20.4. The number of nitrogens with one attached hydrogen (secondary N) is 2. The van der Waals surface area contributed by atoms with E-state index in [0.29, 0.717) is 36.8 Å². The van der Waals surface area contributed by atoms with Gasteiger partial charge in [0.05, 0.1) is 20.3 Å². The molecule has 0 aliphatic rings. The summed E-state index contributed by atoms with van der Waals surface area (Å²) in [5.41, 5.74) is 3.54. The lowest BCUT2D eigenvalue weighted by Gasteiger charge is -2.14. The van der Waals surface area contributed by atoms with E-state index in [1.54, 1.807) is 18.2 Å². The maximum atomic E-state index is 12.8. The van der Waals surface area contributed by atoms with Gasteiger partial charge in [0.25, 0.3) is 11.8 Å². The fourth-order valence-corrected chi connectivity index (χ4v) is 3.44. The summed E-state index contributed by atoms with van der Waals surface area (Å²) < 4.78 is 16.8. The molecule has 0 fully saturated rings. The number of carbonyl (C=O) groups excluding carboxylic acids is 2. The van der Waals surface area contributed by atoms with Crippen LogP contribution in [0.5, 0.6) is 11.5 Å². The molecule has 3 rings (SSSR count). The Bertz CT molecular complexity index is 1120. The zero-order chi connectivity index (χ0) is 25.0. The molecule has 184 valence electrons. The number of amides is 2. The average Bonchev–Trinajstić information content (AvgIpc) is 2.86. The lowest BCUT2D eigenvalue weighted by atomic mass is 10.1. The van der Waals surface area contributed by atoms with Crippen molar-refractivity contribution in [2.45, 2.75) is 39.6 Å². The molecule has 35 heavy (non-hydrogen) atoms. The van der Waals surface area contributed by atoms with Crippen LogP contribution >= 0.6 is 0 Å². The Morgan fingerprint density at radius 2 is 1.57 bits per heavy atom. The summed E-state index contributed by atoms with van der Waals surface area (Å²) >= 11 is 0. The predicted molar refractivity (Wildman–Crippen MR) is 134 cm³/mol. The molecule has 0 saturated heterocycles. The van der Waals surface area contributed by atoms with E-state index in [4.69, 9.17) is 14.2 Å². The van der Waals surface area contributed by atoms with Crippen molar-refractivity contribution in [1.29, 1.82) is 0 Å². The number of methoxy groups -OCH3 is 1. The molecule has 0 aromatic heterocycles. The Balaban J connectivity index is 1.56. The normalized spacial score (nSPS) is 10.6. The third-order valence-corrected chi connectivity index (χ3v) is 5.16. The van der Waals surface area contributed by atoms with E-state index in [1.165, 1.54) is 7.11 Å². The molecule has 0 atom stereocenters. The SMILES string of the molecule is COc1cc(C(=O)NCc2ccccc2COCc2ccccc2)ccc1OCC(=O)NC(C)C. The molecule has 0 aliphatic heterocycles. The lowest BCUT2D eigenvalue weighted by Crippen LogP contribution is -2.34. The number of hydrogen-bond donors (Lipinski definition) is 2. The topological polar surface area (TPSA) is 85.9 Å². The highest BCUT2D eigenvalue weighted by atomic mass is 16.5. The molecular weight excluding hydrogens is 444 g/mol. The average molecular weight is 477 g/mol. The van der Waals surface area contributed by atoms with E-state index < -0.39 is 0 Å². The Kier molecular flexibility index (Phi) is 9.69. The smallest absolute Gasteiger partial charge is 0.258 e. The second-order valence-electron chi connectivity index (χ2n) is 8.31. The van der Waals surface area contributed by atoms with Crippen LogP contribution in [0.2, 0.25) is 0 Å². The number of rotatable bonds is 12. The first kappa shape index (κ1) is 25.8. The van der Waals surface area contributed by atoms with Gasteiger partial charge in [-0.2, -0.15) is 0 Å². The molecule has 0 radical (unpaired) electrons. The Morgan fingerprint density at radius 3 is 2.29 bits per heavy atom. The molecule has 2 N–H and O–H groups in total. The second kappa shape index (κ2) is 13.2. The van der Waals surface area contributed by atoms with Gasteiger partial charge in [-0.1, -0.05) is 54.6 Å². The van der Waals surface area contributed by atoms with Crippen LogP contribution in [0.4, 0.5) is 0 Å².